The van der Waals surface area contributed by atoms with Crippen LogP contribution < -0.4 is 46.7 Å². The molecule has 0 aliphatic rings. The third-order valence-electron chi connectivity index (χ3n) is 13.1. The molecule has 0 saturated heterocycles. The maximum Gasteiger partial charge on any atom is 0.251 e. The second-order valence-electron chi connectivity index (χ2n) is 21.3. The summed E-state index contributed by atoms with van der Waals surface area (Å²) in [6.07, 6.45) is 5.52. The Hall–Kier alpha value is -6.75. The van der Waals surface area contributed by atoms with Crippen LogP contribution in [0, 0.1) is 23.7 Å². The maximum absolute atomic E-state index is 13.9. The van der Waals surface area contributed by atoms with Gasteiger partial charge in [0, 0.05) is 47.9 Å². The van der Waals surface area contributed by atoms with Gasteiger partial charge in [0.15, 0.2) is 0 Å². The van der Waals surface area contributed by atoms with Gasteiger partial charge in [-0.1, -0.05) is 81.2 Å². The van der Waals surface area contributed by atoms with Crippen LogP contribution in [0.3, 0.4) is 0 Å². The Bertz CT molecular complexity index is 2480. The summed E-state index contributed by atoms with van der Waals surface area (Å²) in [6.45, 7) is 20.7. The standard InChI is InChI=1S/C59H86N8O9/c1-12-14-27-60-52(69)35-51(68)47(30-36(3)4)64-59(74)53(39(9)13-2)67-56(71)42-21-25-45(26-22-42)76-44-23-19-41(20-24-44)55(70)65-50(32-38(7)8)58(73)66-49(31-37(5)6)57(72)62-29-15-17-40(10)63-48-34-46(75-11)33-43-18-16-28-61-54(43)48/h16,18-26,28,33-34,36-40,47,49-51,53,63,68H,12-15,17,27,29-32,35H2,1-11H3,(H,60,69)(H,62,72)(H,64,74)(H,65,70)(H,66,73)(H,67,71)/t39-,40?,47-,49-,50-,51-,53-/m0/s1. The molecule has 17 heteroatoms. The minimum Gasteiger partial charge on any atom is -0.497 e. The van der Waals surface area contributed by atoms with Gasteiger partial charge in [-0.25, -0.2) is 0 Å². The van der Waals surface area contributed by atoms with E-state index in [1.165, 1.54) is 0 Å². The number of benzene rings is 3. The molecule has 6 amide bonds. The Morgan fingerprint density at radius 1 is 0.632 bits per heavy atom. The number of carbonyl (C=O) groups is 6. The largest absolute Gasteiger partial charge is 0.497 e. The molecule has 0 fully saturated rings. The highest BCUT2D eigenvalue weighted by molar-refractivity contribution is 5.99. The molecule has 0 bridgehead atoms. The molecule has 1 heterocycles. The van der Waals surface area contributed by atoms with E-state index in [1.54, 1.807) is 61.8 Å². The number of ether oxygens (including phenoxy) is 2. The quantitative estimate of drug-likeness (QED) is 0.0216. The number of hydrogen-bond donors (Lipinski definition) is 8. The number of anilines is 1. The number of amides is 6. The van der Waals surface area contributed by atoms with Gasteiger partial charge in [0.05, 0.1) is 36.9 Å². The van der Waals surface area contributed by atoms with Crippen LogP contribution in [0.2, 0.25) is 0 Å². The lowest BCUT2D eigenvalue weighted by molar-refractivity contribution is -0.130. The molecular weight excluding hydrogens is 965 g/mol. The Balaban J connectivity index is 1.31. The van der Waals surface area contributed by atoms with Gasteiger partial charge in [0.25, 0.3) is 11.8 Å². The minimum atomic E-state index is -1.11. The van der Waals surface area contributed by atoms with Gasteiger partial charge < -0.3 is 51.8 Å². The zero-order valence-corrected chi connectivity index (χ0v) is 46.7. The molecule has 8 N–H and O–H groups in total. The predicted octanol–water partition coefficient (Wildman–Crippen LogP) is 8.45. The third-order valence-corrected chi connectivity index (χ3v) is 13.1. The number of nitrogens with zero attached hydrogens (tertiary/aromatic N) is 1. The molecule has 3 aromatic carbocycles. The summed E-state index contributed by atoms with van der Waals surface area (Å²) in [5.41, 5.74) is 2.32. The Morgan fingerprint density at radius 3 is 1.78 bits per heavy atom. The first-order chi connectivity index (χ1) is 36.2. The van der Waals surface area contributed by atoms with Crippen molar-refractivity contribution in [3.05, 3.63) is 90.1 Å². The third kappa shape index (κ3) is 20.4. The van der Waals surface area contributed by atoms with Crippen molar-refractivity contribution in [1.29, 1.82) is 0 Å². The Labute approximate surface area is 450 Å². The van der Waals surface area contributed by atoms with Gasteiger partial charge in [-0.3, -0.25) is 33.8 Å². The van der Waals surface area contributed by atoms with E-state index in [2.05, 4.69) is 49.1 Å². The number of rotatable bonds is 32. The zero-order valence-electron chi connectivity index (χ0n) is 46.7. The number of aliphatic hydroxyl groups excluding tert-OH is 1. The molecule has 0 aliphatic heterocycles. The Morgan fingerprint density at radius 2 is 1.21 bits per heavy atom. The number of fused-ring (bicyclic) bond motifs is 1. The smallest absolute Gasteiger partial charge is 0.251 e. The van der Waals surface area contributed by atoms with Crippen LogP contribution in [-0.4, -0.2) is 102 Å². The monoisotopic (exact) mass is 1050 g/mol. The molecule has 0 spiro atoms. The van der Waals surface area contributed by atoms with Crippen LogP contribution >= 0.6 is 0 Å². The van der Waals surface area contributed by atoms with Crippen molar-refractivity contribution in [3.63, 3.8) is 0 Å². The molecule has 0 aliphatic carbocycles. The Kier molecular flexibility index (Phi) is 25.5. The number of hydrogen-bond acceptors (Lipinski definition) is 11. The molecule has 1 unspecified atom stereocenters. The van der Waals surface area contributed by atoms with Crippen molar-refractivity contribution in [2.45, 2.75) is 163 Å². The molecule has 4 aromatic rings. The number of methoxy groups -OCH3 is 1. The summed E-state index contributed by atoms with van der Waals surface area (Å²) in [5.74, 6) is -0.765. The number of unbranched alkanes of at least 4 members (excludes halogenated alkanes) is 1. The molecule has 0 saturated carbocycles. The van der Waals surface area contributed by atoms with E-state index in [-0.39, 0.29) is 47.9 Å². The molecular formula is C59H86N8O9. The van der Waals surface area contributed by atoms with Gasteiger partial charge in [0.2, 0.25) is 23.6 Å². The van der Waals surface area contributed by atoms with Crippen LogP contribution in [0.5, 0.6) is 17.2 Å². The number of nitrogens with one attached hydrogen (secondary N) is 7. The van der Waals surface area contributed by atoms with Gasteiger partial charge in [-0.05, 0) is 130 Å². The average molecular weight is 1050 g/mol. The lowest BCUT2D eigenvalue weighted by atomic mass is 9.94. The van der Waals surface area contributed by atoms with Crippen molar-refractivity contribution in [2.75, 3.05) is 25.5 Å². The molecule has 4 rings (SSSR count). The average Bonchev–Trinajstić information content (AvgIpc) is 3.38. The summed E-state index contributed by atoms with van der Waals surface area (Å²) in [7, 11) is 1.63. The molecule has 7 atom stereocenters. The summed E-state index contributed by atoms with van der Waals surface area (Å²) in [6, 6.07) is 17.4. The molecule has 1 aromatic heterocycles. The number of pyridine rings is 1. The van der Waals surface area contributed by atoms with Gasteiger partial charge in [0.1, 0.15) is 35.4 Å². The topological polar surface area (TPSA) is 238 Å². The van der Waals surface area contributed by atoms with Gasteiger partial charge >= 0.3 is 0 Å². The van der Waals surface area contributed by atoms with Crippen LogP contribution in [0.1, 0.15) is 148 Å². The van der Waals surface area contributed by atoms with Crippen molar-refractivity contribution in [1.82, 2.24) is 36.9 Å². The normalized spacial score (nSPS) is 14.1. The summed E-state index contributed by atoms with van der Waals surface area (Å²) < 4.78 is 11.5. The lowest BCUT2D eigenvalue weighted by Gasteiger charge is -2.30. The molecule has 17 nitrogen and oxygen atoms in total. The van der Waals surface area contributed by atoms with Crippen molar-refractivity contribution in [3.8, 4) is 17.2 Å². The highest BCUT2D eigenvalue weighted by atomic mass is 16.5. The van der Waals surface area contributed by atoms with E-state index in [9.17, 15) is 33.9 Å². The summed E-state index contributed by atoms with van der Waals surface area (Å²) >= 11 is 0. The predicted molar refractivity (Wildman–Crippen MR) is 299 cm³/mol. The van der Waals surface area contributed by atoms with Gasteiger partial charge in [-0.2, -0.15) is 0 Å². The van der Waals surface area contributed by atoms with Crippen molar-refractivity contribution in [2.24, 2.45) is 23.7 Å². The van der Waals surface area contributed by atoms with Crippen LogP contribution in [-0.2, 0) is 19.2 Å². The van der Waals surface area contributed by atoms with Crippen LogP contribution in [0.4, 0.5) is 5.69 Å². The molecule has 76 heavy (non-hydrogen) atoms. The van der Waals surface area contributed by atoms with Crippen molar-refractivity contribution >= 4 is 52.0 Å². The highest BCUT2D eigenvalue weighted by Crippen LogP contribution is 2.29. The van der Waals surface area contributed by atoms with E-state index in [1.807, 2.05) is 86.6 Å². The highest BCUT2D eigenvalue weighted by Gasteiger charge is 2.32. The second kappa shape index (κ2) is 31.3. The van der Waals surface area contributed by atoms with Crippen LogP contribution in [0.15, 0.2) is 79.0 Å². The van der Waals surface area contributed by atoms with E-state index in [0.717, 1.165) is 41.6 Å². The fourth-order valence-electron chi connectivity index (χ4n) is 8.71. The number of aliphatic hydroxyl groups is 1. The molecule has 0 radical (unpaired) electrons. The number of carbonyl (C=O) groups excluding carboxylic acids is 6. The lowest BCUT2D eigenvalue weighted by Crippen LogP contribution is -2.55. The van der Waals surface area contributed by atoms with E-state index in [4.69, 9.17) is 9.47 Å². The fraction of sp³-hybridized carbons (Fsp3) is 0.542. The van der Waals surface area contributed by atoms with E-state index < -0.39 is 53.9 Å². The zero-order chi connectivity index (χ0) is 55.9. The first kappa shape index (κ1) is 61.8. The SMILES string of the molecule is CCCCNC(=O)C[C@H](O)[C@H](CC(C)C)NC(=O)[C@@H](NC(=O)c1ccc(Oc2ccc(C(=O)N[C@@H](CC(C)C)C(=O)N[C@@H](CC(C)C)C(=O)NCCCC(C)Nc3cc(OC)cc4cccnc34)cc2)cc1)[C@@H](C)CC. The van der Waals surface area contributed by atoms with Crippen molar-refractivity contribution < 1.29 is 43.3 Å². The first-order valence-electron chi connectivity index (χ1n) is 27.2. The second-order valence-corrected chi connectivity index (χ2v) is 21.3. The molecule has 416 valence electrons. The minimum absolute atomic E-state index is 0.0536. The summed E-state index contributed by atoms with van der Waals surface area (Å²) in [4.78, 5) is 85.4. The fourth-order valence-corrected chi connectivity index (χ4v) is 8.71. The summed E-state index contributed by atoms with van der Waals surface area (Å²) in [5, 5.41) is 33.0. The number of aromatic nitrogens is 1. The van der Waals surface area contributed by atoms with Crippen LogP contribution in [0.25, 0.3) is 10.9 Å². The van der Waals surface area contributed by atoms with Gasteiger partial charge in [-0.15, -0.1) is 0 Å². The van der Waals surface area contributed by atoms with E-state index in [0.29, 0.717) is 67.8 Å². The van der Waals surface area contributed by atoms with E-state index >= 15 is 0 Å². The first-order valence-corrected chi connectivity index (χ1v) is 27.2. The maximum atomic E-state index is 13.9.